The van der Waals surface area contributed by atoms with Crippen molar-refractivity contribution in [3.63, 3.8) is 0 Å². The first-order chi connectivity index (χ1) is 16.0. The Morgan fingerprint density at radius 2 is 1.55 bits per heavy atom. The van der Waals surface area contributed by atoms with E-state index in [0.29, 0.717) is 0 Å². The predicted molar refractivity (Wildman–Crippen MR) is 125 cm³/mol. The van der Waals surface area contributed by atoms with Crippen LogP contribution in [-0.4, -0.2) is 23.1 Å². The van der Waals surface area contributed by atoms with Gasteiger partial charge in [-0.25, -0.2) is 4.98 Å². The number of alkyl halides is 3. The number of anilines is 1. The van der Waals surface area contributed by atoms with Crippen LogP contribution in [0.2, 0.25) is 0 Å². The van der Waals surface area contributed by atoms with Crippen LogP contribution in [0.1, 0.15) is 17.2 Å². The Hall–Kier alpha value is -3.80. The van der Waals surface area contributed by atoms with Crippen LogP contribution in [0, 0.1) is 0 Å². The summed E-state index contributed by atoms with van der Waals surface area (Å²) >= 11 is 0. The molecule has 164 valence electrons. The SMILES string of the molecule is FC(F)(F)c1ccc(-c2c(C3CN(c4ccc5ccccc5n4)C3)[nH]c3ccccc23)cc1. The molecule has 0 saturated carbocycles. The monoisotopic (exact) mass is 443 g/mol. The second-order valence-electron chi connectivity index (χ2n) is 8.50. The van der Waals surface area contributed by atoms with Gasteiger partial charge in [-0.1, -0.05) is 48.5 Å². The molecule has 3 aromatic carbocycles. The molecule has 1 aliphatic heterocycles. The summed E-state index contributed by atoms with van der Waals surface area (Å²) in [5.41, 5.74) is 4.16. The van der Waals surface area contributed by atoms with Crippen LogP contribution in [-0.2, 0) is 6.18 Å². The number of aromatic amines is 1. The van der Waals surface area contributed by atoms with E-state index in [4.69, 9.17) is 4.98 Å². The fourth-order valence-corrected chi connectivity index (χ4v) is 4.69. The molecule has 33 heavy (non-hydrogen) atoms. The van der Waals surface area contributed by atoms with Gasteiger partial charge in [0, 0.05) is 46.6 Å². The minimum atomic E-state index is -4.34. The number of para-hydroxylation sites is 2. The molecule has 1 saturated heterocycles. The number of hydrogen-bond acceptors (Lipinski definition) is 2. The van der Waals surface area contributed by atoms with E-state index in [2.05, 4.69) is 16.0 Å². The Morgan fingerprint density at radius 3 is 2.33 bits per heavy atom. The van der Waals surface area contributed by atoms with Crippen LogP contribution < -0.4 is 4.90 Å². The summed E-state index contributed by atoms with van der Waals surface area (Å²) in [6.07, 6.45) is -4.34. The molecule has 6 heteroatoms. The van der Waals surface area contributed by atoms with E-state index in [0.717, 1.165) is 69.7 Å². The van der Waals surface area contributed by atoms with Crippen LogP contribution in [0.15, 0.2) is 84.9 Å². The average Bonchev–Trinajstić information content (AvgIpc) is 3.16. The van der Waals surface area contributed by atoms with Crippen molar-refractivity contribution in [2.75, 3.05) is 18.0 Å². The summed E-state index contributed by atoms with van der Waals surface area (Å²) < 4.78 is 39.2. The van der Waals surface area contributed by atoms with Gasteiger partial charge in [-0.2, -0.15) is 13.2 Å². The number of benzene rings is 3. The van der Waals surface area contributed by atoms with Gasteiger partial charge >= 0.3 is 6.18 Å². The molecule has 0 spiro atoms. The summed E-state index contributed by atoms with van der Waals surface area (Å²) in [7, 11) is 0. The van der Waals surface area contributed by atoms with Gasteiger partial charge in [0.1, 0.15) is 5.82 Å². The zero-order chi connectivity index (χ0) is 22.6. The highest BCUT2D eigenvalue weighted by atomic mass is 19.4. The first-order valence-electron chi connectivity index (χ1n) is 10.9. The smallest absolute Gasteiger partial charge is 0.358 e. The van der Waals surface area contributed by atoms with Gasteiger partial charge in [-0.05, 0) is 42.0 Å². The molecule has 1 aliphatic rings. The molecule has 0 radical (unpaired) electrons. The molecule has 0 atom stereocenters. The molecule has 0 aliphatic carbocycles. The highest BCUT2D eigenvalue weighted by Crippen LogP contribution is 2.41. The summed E-state index contributed by atoms with van der Waals surface area (Å²) in [5, 5.41) is 2.13. The highest BCUT2D eigenvalue weighted by Gasteiger charge is 2.34. The number of hydrogen-bond donors (Lipinski definition) is 1. The number of nitrogens with zero attached hydrogens (tertiary/aromatic N) is 2. The van der Waals surface area contributed by atoms with Crippen molar-refractivity contribution in [3.05, 3.63) is 96.2 Å². The number of H-pyrrole nitrogens is 1. The fourth-order valence-electron chi connectivity index (χ4n) is 4.69. The standard InChI is InChI=1S/C27H20F3N3/c28-27(29,30)20-12-9-18(10-13-20)25-21-6-2-4-8-23(21)32-26(25)19-15-33(16-19)24-14-11-17-5-1-3-7-22(17)31-24/h1-14,19,32H,15-16H2. The number of halogens is 3. The third-order valence-electron chi connectivity index (χ3n) is 6.43. The Bertz CT molecular complexity index is 1460. The lowest BCUT2D eigenvalue weighted by atomic mass is 9.89. The first-order valence-corrected chi connectivity index (χ1v) is 10.9. The van der Waals surface area contributed by atoms with Crippen LogP contribution >= 0.6 is 0 Å². The maximum Gasteiger partial charge on any atom is 0.416 e. The Morgan fingerprint density at radius 1 is 0.818 bits per heavy atom. The quantitative estimate of drug-likeness (QED) is 0.325. The number of aromatic nitrogens is 2. The topological polar surface area (TPSA) is 31.9 Å². The van der Waals surface area contributed by atoms with Gasteiger partial charge < -0.3 is 9.88 Å². The summed E-state index contributed by atoms with van der Waals surface area (Å²) in [6, 6.07) is 25.6. The molecule has 0 unspecified atom stereocenters. The van der Waals surface area contributed by atoms with Gasteiger partial charge in [0.25, 0.3) is 0 Å². The largest absolute Gasteiger partial charge is 0.416 e. The van der Waals surface area contributed by atoms with Crippen molar-refractivity contribution in [1.29, 1.82) is 0 Å². The molecule has 1 fully saturated rings. The number of pyridine rings is 1. The Balaban J connectivity index is 1.34. The van der Waals surface area contributed by atoms with Crippen molar-refractivity contribution in [2.24, 2.45) is 0 Å². The molecule has 2 aromatic heterocycles. The zero-order valence-electron chi connectivity index (χ0n) is 17.6. The third-order valence-corrected chi connectivity index (χ3v) is 6.43. The van der Waals surface area contributed by atoms with Gasteiger partial charge in [0.2, 0.25) is 0 Å². The van der Waals surface area contributed by atoms with Crippen molar-refractivity contribution in [1.82, 2.24) is 9.97 Å². The molecular formula is C27H20F3N3. The average molecular weight is 443 g/mol. The molecule has 3 nitrogen and oxygen atoms in total. The normalized spacial score (nSPS) is 14.7. The predicted octanol–water partition coefficient (Wildman–Crippen LogP) is 7.01. The van der Waals surface area contributed by atoms with E-state index in [1.54, 1.807) is 12.1 Å². The van der Waals surface area contributed by atoms with Gasteiger partial charge in [0.15, 0.2) is 0 Å². The van der Waals surface area contributed by atoms with E-state index in [-0.39, 0.29) is 5.92 Å². The van der Waals surface area contributed by atoms with Crippen LogP contribution in [0.5, 0.6) is 0 Å². The minimum absolute atomic E-state index is 0.239. The van der Waals surface area contributed by atoms with Gasteiger partial charge in [-0.3, -0.25) is 0 Å². The number of rotatable bonds is 3. The van der Waals surface area contributed by atoms with E-state index in [1.807, 2.05) is 54.6 Å². The lowest BCUT2D eigenvalue weighted by Crippen LogP contribution is -2.45. The molecular weight excluding hydrogens is 423 g/mol. The lowest BCUT2D eigenvalue weighted by molar-refractivity contribution is -0.137. The van der Waals surface area contributed by atoms with Crippen LogP contribution in [0.3, 0.4) is 0 Å². The summed E-state index contributed by atoms with van der Waals surface area (Å²) in [4.78, 5) is 10.6. The molecule has 0 amide bonds. The van der Waals surface area contributed by atoms with Crippen molar-refractivity contribution >= 4 is 27.6 Å². The summed E-state index contributed by atoms with van der Waals surface area (Å²) in [6.45, 7) is 1.59. The fraction of sp³-hybridized carbons (Fsp3) is 0.148. The van der Waals surface area contributed by atoms with E-state index in [1.165, 1.54) is 0 Å². The Kier molecular flexibility index (Phi) is 4.43. The maximum atomic E-state index is 13.1. The van der Waals surface area contributed by atoms with E-state index in [9.17, 15) is 13.2 Å². The van der Waals surface area contributed by atoms with Crippen molar-refractivity contribution in [3.8, 4) is 11.1 Å². The summed E-state index contributed by atoms with van der Waals surface area (Å²) in [5.74, 6) is 1.18. The maximum absolute atomic E-state index is 13.1. The number of fused-ring (bicyclic) bond motifs is 2. The second kappa shape index (κ2) is 7.37. The van der Waals surface area contributed by atoms with Crippen LogP contribution in [0.4, 0.5) is 19.0 Å². The molecule has 5 aromatic rings. The first kappa shape index (κ1) is 19.9. The zero-order valence-corrected chi connectivity index (χ0v) is 17.6. The van der Waals surface area contributed by atoms with Gasteiger partial charge in [-0.15, -0.1) is 0 Å². The number of nitrogens with one attached hydrogen (secondary N) is 1. The van der Waals surface area contributed by atoms with Crippen molar-refractivity contribution in [2.45, 2.75) is 12.1 Å². The van der Waals surface area contributed by atoms with Crippen molar-refractivity contribution < 1.29 is 13.2 Å². The Labute approximate surface area is 188 Å². The molecule has 3 heterocycles. The minimum Gasteiger partial charge on any atom is -0.358 e. The second-order valence-corrected chi connectivity index (χ2v) is 8.50. The van der Waals surface area contributed by atoms with E-state index < -0.39 is 11.7 Å². The van der Waals surface area contributed by atoms with Crippen LogP contribution in [0.25, 0.3) is 32.9 Å². The lowest BCUT2D eigenvalue weighted by Gasteiger charge is -2.40. The van der Waals surface area contributed by atoms with Gasteiger partial charge in [0.05, 0.1) is 11.1 Å². The van der Waals surface area contributed by atoms with E-state index >= 15 is 0 Å². The molecule has 1 N–H and O–H groups in total. The molecule has 6 rings (SSSR count). The highest BCUT2D eigenvalue weighted by molar-refractivity contribution is 5.98. The molecule has 0 bridgehead atoms. The third kappa shape index (κ3) is 3.42.